The Morgan fingerprint density at radius 1 is 0.900 bits per heavy atom. The zero-order chi connectivity index (χ0) is 15.2. The molecule has 3 unspecified atom stereocenters. The van der Waals surface area contributed by atoms with Crippen molar-refractivity contribution >= 4 is 0 Å². The van der Waals surface area contributed by atoms with E-state index in [4.69, 9.17) is 11.5 Å². The lowest BCUT2D eigenvalue weighted by atomic mass is 9.84. The molecule has 0 aromatic carbocycles. The molecule has 0 aliphatic heterocycles. The number of nitrogens with two attached hydrogens (primary N) is 2. The van der Waals surface area contributed by atoms with Crippen molar-refractivity contribution in [2.75, 3.05) is 13.1 Å². The van der Waals surface area contributed by atoms with Gasteiger partial charge in [-0.05, 0) is 51.1 Å². The molecule has 0 bridgehead atoms. The van der Waals surface area contributed by atoms with Gasteiger partial charge in [-0.1, -0.05) is 46.5 Å². The zero-order valence-corrected chi connectivity index (χ0v) is 14.2. The number of unbranched alkanes of at least 4 members (excludes halogenated alkanes) is 3. The van der Waals surface area contributed by atoms with Crippen molar-refractivity contribution in [3.8, 4) is 0 Å². The average Bonchev–Trinajstić information content (AvgIpc) is 2.46. The van der Waals surface area contributed by atoms with Gasteiger partial charge in [0, 0.05) is 12.1 Å². The third kappa shape index (κ3) is 8.93. The fourth-order valence-corrected chi connectivity index (χ4v) is 3.02. The lowest BCUT2D eigenvalue weighted by Gasteiger charge is -2.32. The Balaban J connectivity index is 4.25. The minimum atomic E-state index is 0.340. The van der Waals surface area contributed by atoms with E-state index in [0.29, 0.717) is 18.0 Å². The standard InChI is InChI=1S/C17H39N3/c1-4-7-14-20-17(6-3)15(11-5-2)16(19)12-9-8-10-13-18/h15-17,20H,4-14,18-19H2,1-3H3. The van der Waals surface area contributed by atoms with Gasteiger partial charge < -0.3 is 16.8 Å². The zero-order valence-electron chi connectivity index (χ0n) is 14.2. The quantitative estimate of drug-likeness (QED) is 0.429. The van der Waals surface area contributed by atoms with Gasteiger partial charge in [-0.15, -0.1) is 0 Å². The molecule has 0 radical (unpaired) electrons. The van der Waals surface area contributed by atoms with Crippen molar-refractivity contribution in [2.45, 2.75) is 90.6 Å². The molecule has 0 aromatic rings. The van der Waals surface area contributed by atoms with E-state index in [9.17, 15) is 0 Å². The van der Waals surface area contributed by atoms with Crippen LogP contribution in [0.25, 0.3) is 0 Å². The largest absolute Gasteiger partial charge is 0.330 e. The molecule has 0 aliphatic rings. The van der Waals surface area contributed by atoms with E-state index in [1.54, 1.807) is 0 Å². The molecule has 0 heterocycles. The van der Waals surface area contributed by atoms with Crippen LogP contribution in [0.3, 0.4) is 0 Å². The summed E-state index contributed by atoms with van der Waals surface area (Å²) in [6.45, 7) is 8.74. The number of hydrogen-bond acceptors (Lipinski definition) is 3. The Morgan fingerprint density at radius 3 is 2.20 bits per heavy atom. The fraction of sp³-hybridized carbons (Fsp3) is 1.00. The van der Waals surface area contributed by atoms with E-state index in [1.165, 1.54) is 44.9 Å². The molecule has 5 N–H and O–H groups in total. The van der Waals surface area contributed by atoms with Crippen molar-refractivity contribution in [1.82, 2.24) is 5.32 Å². The van der Waals surface area contributed by atoms with Crippen LogP contribution in [0.1, 0.15) is 78.6 Å². The highest BCUT2D eigenvalue weighted by molar-refractivity contribution is 4.83. The highest BCUT2D eigenvalue weighted by atomic mass is 14.9. The summed E-state index contributed by atoms with van der Waals surface area (Å²) < 4.78 is 0. The van der Waals surface area contributed by atoms with Crippen LogP contribution in [-0.4, -0.2) is 25.2 Å². The molecule has 0 saturated carbocycles. The predicted molar refractivity (Wildman–Crippen MR) is 90.9 cm³/mol. The summed E-state index contributed by atoms with van der Waals surface area (Å²) >= 11 is 0. The van der Waals surface area contributed by atoms with Gasteiger partial charge >= 0.3 is 0 Å². The average molecular weight is 286 g/mol. The summed E-state index contributed by atoms with van der Waals surface area (Å²) in [7, 11) is 0. The van der Waals surface area contributed by atoms with Crippen LogP contribution >= 0.6 is 0 Å². The molecule has 0 aromatic heterocycles. The number of nitrogens with one attached hydrogen (secondary N) is 1. The van der Waals surface area contributed by atoms with Gasteiger partial charge in [0.1, 0.15) is 0 Å². The lowest BCUT2D eigenvalue weighted by Crippen LogP contribution is -2.45. The second-order valence-electron chi connectivity index (χ2n) is 6.08. The Bertz CT molecular complexity index is 197. The van der Waals surface area contributed by atoms with Crippen LogP contribution in [0.4, 0.5) is 0 Å². The van der Waals surface area contributed by atoms with Crippen molar-refractivity contribution in [2.24, 2.45) is 17.4 Å². The SMILES string of the molecule is CCCCNC(CC)C(CCC)C(N)CCCCCN. The molecule has 3 nitrogen and oxygen atoms in total. The molecular weight excluding hydrogens is 246 g/mol. The molecule has 0 spiro atoms. The molecule has 3 heteroatoms. The minimum Gasteiger partial charge on any atom is -0.330 e. The molecule has 0 rings (SSSR count). The van der Waals surface area contributed by atoms with Crippen molar-refractivity contribution in [3.63, 3.8) is 0 Å². The summed E-state index contributed by atoms with van der Waals surface area (Å²) in [5.41, 5.74) is 12.0. The third-order valence-corrected chi connectivity index (χ3v) is 4.31. The monoisotopic (exact) mass is 285 g/mol. The summed E-state index contributed by atoms with van der Waals surface area (Å²) in [5.74, 6) is 0.625. The molecule has 122 valence electrons. The normalized spacial score (nSPS) is 16.1. The minimum absolute atomic E-state index is 0.340. The van der Waals surface area contributed by atoms with E-state index in [-0.39, 0.29) is 0 Å². The maximum absolute atomic E-state index is 6.50. The molecule has 20 heavy (non-hydrogen) atoms. The first kappa shape index (κ1) is 19.9. The van der Waals surface area contributed by atoms with E-state index in [0.717, 1.165) is 25.9 Å². The highest BCUT2D eigenvalue weighted by Gasteiger charge is 2.24. The molecule has 3 atom stereocenters. The van der Waals surface area contributed by atoms with Crippen LogP contribution in [0, 0.1) is 5.92 Å². The van der Waals surface area contributed by atoms with Gasteiger partial charge in [0.05, 0.1) is 0 Å². The van der Waals surface area contributed by atoms with Crippen LogP contribution < -0.4 is 16.8 Å². The second-order valence-corrected chi connectivity index (χ2v) is 6.08. The Labute approximate surface area is 127 Å². The summed E-state index contributed by atoms with van der Waals surface area (Å²) in [6, 6.07) is 0.929. The van der Waals surface area contributed by atoms with E-state index in [2.05, 4.69) is 26.1 Å². The Hall–Kier alpha value is -0.120. The van der Waals surface area contributed by atoms with Crippen LogP contribution in [0.2, 0.25) is 0 Å². The first-order valence-electron chi connectivity index (χ1n) is 8.90. The van der Waals surface area contributed by atoms with Gasteiger partial charge in [-0.25, -0.2) is 0 Å². The van der Waals surface area contributed by atoms with Gasteiger partial charge in [-0.2, -0.15) is 0 Å². The predicted octanol–water partition coefficient (Wildman–Crippen LogP) is 3.42. The van der Waals surface area contributed by atoms with E-state index in [1.807, 2.05) is 0 Å². The van der Waals surface area contributed by atoms with E-state index < -0.39 is 0 Å². The van der Waals surface area contributed by atoms with Gasteiger partial charge in [0.15, 0.2) is 0 Å². The van der Waals surface area contributed by atoms with Crippen LogP contribution in [0.5, 0.6) is 0 Å². The van der Waals surface area contributed by atoms with Gasteiger partial charge in [-0.3, -0.25) is 0 Å². The molecule has 0 saturated heterocycles. The molecule has 0 fully saturated rings. The van der Waals surface area contributed by atoms with Crippen LogP contribution in [-0.2, 0) is 0 Å². The van der Waals surface area contributed by atoms with Gasteiger partial charge in [0.2, 0.25) is 0 Å². The second kappa shape index (κ2) is 13.8. The molecule has 0 amide bonds. The maximum atomic E-state index is 6.50. The first-order valence-corrected chi connectivity index (χ1v) is 8.90. The fourth-order valence-electron chi connectivity index (χ4n) is 3.02. The smallest absolute Gasteiger partial charge is 0.0107 e. The van der Waals surface area contributed by atoms with Crippen molar-refractivity contribution in [3.05, 3.63) is 0 Å². The van der Waals surface area contributed by atoms with Gasteiger partial charge in [0.25, 0.3) is 0 Å². The Morgan fingerprint density at radius 2 is 1.65 bits per heavy atom. The Kier molecular flexibility index (Phi) is 13.8. The summed E-state index contributed by atoms with van der Waals surface area (Å²) in [6.07, 6.45) is 10.9. The number of rotatable bonds is 14. The van der Waals surface area contributed by atoms with Crippen LogP contribution in [0.15, 0.2) is 0 Å². The molecule has 0 aliphatic carbocycles. The van der Waals surface area contributed by atoms with Crippen molar-refractivity contribution < 1.29 is 0 Å². The molecular formula is C17H39N3. The third-order valence-electron chi connectivity index (χ3n) is 4.31. The van der Waals surface area contributed by atoms with Crippen molar-refractivity contribution in [1.29, 1.82) is 0 Å². The number of hydrogen-bond donors (Lipinski definition) is 3. The summed E-state index contributed by atoms with van der Waals surface area (Å²) in [5, 5.41) is 3.74. The topological polar surface area (TPSA) is 64.1 Å². The highest BCUT2D eigenvalue weighted by Crippen LogP contribution is 2.21. The summed E-state index contributed by atoms with van der Waals surface area (Å²) in [4.78, 5) is 0. The van der Waals surface area contributed by atoms with E-state index >= 15 is 0 Å². The maximum Gasteiger partial charge on any atom is 0.0107 e. The lowest BCUT2D eigenvalue weighted by molar-refractivity contribution is 0.263. The first-order chi connectivity index (χ1) is 9.71.